The highest BCUT2D eigenvalue weighted by molar-refractivity contribution is 7.99. The molecule has 1 heterocycles. The zero-order valence-corrected chi connectivity index (χ0v) is 16.3. The highest BCUT2D eigenvalue weighted by atomic mass is 32.2. The van der Waals surface area contributed by atoms with Gasteiger partial charge in [-0.3, -0.25) is 4.90 Å². The second kappa shape index (κ2) is 8.26. The number of hydrogen-bond acceptors (Lipinski definition) is 3. The molecule has 0 saturated heterocycles. The third-order valence-electron chi connectivity index (χ3n) is 4.92. The lowest BCUT2D eigenvalue weighted by Crippen LogP contribution is -2.33. The van der Waals surface area contributed by atoms with Crippen molar-refractivity contribution in [2.75, 3.05) is 19.6 Å². The van der Waals surface area contributed by atoms with Crippen LogP contribution in [-0.2, 0) is 5.60 Å². The molecule has 0 fully saturated rings. The van der Waals surface area contributed by atoms with Gasteiger partial charge in [0.2, 0.25) is 0 Å². The Hall–Kier alpha value is -1.81. The van der Waals surface area contributed by atoms with E-state index in [4.69, 9.17) is 0 Å². The number of aryl methyl sites for hydroxylation is 1. The third kappa shape index (κ3) is 3.80. The molecule has 0 amide bonds. The molecule has 0 spiro atoms. The van der Waals surface area contributed by atoms with Crippen LogP contribution in [0.25, 0.3) is 0 Å². The van der Waals surface area contributed by atoms with E-state index in [2.05, 4.69) is 55.3 Å². The van der Waals surface area contributed by atoms with Gasteiger partial charge in [-0.05, 0) is 38.4 Å². The fourth-order valence-electron chi connectivity index (χ4n) is 3.67. The van der Waals surface area contributed by atoms with Gasteiger partial charge in [-0.1, -0.05) is 59.8 Å². The highest BCUT2D eigenvalue weighted by Gasteiger charge is 2.38. The molecule has 0 bridgehead atoms. The van der Waals surface area contributed by atoms with Gasteiger partial charge in [0.15, 0.2) is 0 Å². The van der Waals surface area contributed by atoms with Crippen LogP contribution >= 0.6 is 11.8 Å². The summed E-state index contributed by atoms with van der Waals surface area (Å²) in [5, 5.41) is 11.8. The summed E-state index contributed by atoms with van der Waals surface area (Å²) in [4.78, 5) is 4.61. The molecule has 0 saturated carbocycles. The van der Waals surface area contributed by atoms with Crippen LogP contribution in [0.5, 0.6) is 0 Å². The average molecular weight is 366 g/mol. The molecule has 1 N–H and O–H groups in total. The van der Waals surface area contributed by atoms with Gasteiger partial charge in [0, 0.05) is 34.0 Å². The normalized spacial score (nSPS) is 18.3. The Labute approximate surface area is 161 Å². The van der Waals surface area contributed by atoms with E-state index < -0.39 is 5.60 Å². The molecule has 26 heavy (non-hydrogen) atoms. The van der Waals surface area contributed by atoms with Gasteiger partial charge in [0.1, 0.15) is 5.60 Å². The number of aliphatic hydroxyl groups is 1. The van der Waals surface area contributed by atoms with Gasteiger partial charge in [-0.15, -0.1) is 13.2 Å². The van der Waals surface area contributed by atoms with Crippen molar-refractivity contribution in [3.05, 3.63) is 84.5 Å². The number of rotatable bonds is 8. The number of benzene rings is 2. The van der Waals surface area contributed by atoms with Crippen molar-refractivity contribution < 1.29 is 5.11 Å². The lowest BCUT2D eigenvalue weighted by Gasteiger charge is -2.37. The monoisotopic (exact) mass is 365 g/mol. The van der Waals surface area contributed by atoms with Crippen molar-refractivity contribution in [2.24, 2.45) is 0 Å². The van der Waals surface area contributed by atoms with E-state index in [1.54, 1.807) is 11.8 Å². The second-order valence-corrected chi connectivity index (χ2v) is 7.98. The minimum atomic E-state index is -0.933. The Kier molecular flexibility index (Phi) is 6.02. The van der Waals surface area contributed by atoms with Gasteiger partial charge in [0.25, 0.3) is 0 Å². The fourth-order valence-corrected chi connectivity index (χ4v) is 4.87. The molecule has 3 rings (SSSR count). The maximum absolute atomic E-state index is 11.8. The molecular formula is C23H27NOS. The summed E-state index contributed by atoms with van der Waals surface area (Å²) in [7, 11) is 0. The van der Waals surface area contributed by atoms with Crippen LogP contribution in [0.15, 0.2) is 77.6 Å². The van der Waals surface area contributed by atoms with Crippen LogP contribution in [0, 0.1) is 6.92 Å². The smallest absolute Gasteiger partial charge is 0.117 e. The molecule has 2 aromatic rings. The van der Waals surface area contributed by atoms with E-state index in [0.717, 1.165) is 47.0 Å². The molecule has 1 aliphatic rings. The minimum absolute atomic E-state index is 0.700. The summed E-state index contributed by atoms with van der Waals surface area (Å²) in [6, 6.07) is 14.6. The fraction of sp³-hybridized carbons (Fsp3) is 0.304. The predicted octanol–water partition coefficient (Wildman–Crippen LogP) is 5.15. The Morgan fingerprint density at radius 1 is 1.04 bits per heavy atom. The summed E-state index contributed by atoms with van der Waals surface area (Å²) in [6.07, 6.45) is 5.45. The Bertz CT molecular complexity index is 791. The lowest BCUT2D eigenvalue weighted by molar-refractivity contribution is 0.0591. The summed E-state index contributed by atoms with van der Waals surface area (Å²) < 4.78 is 0. The van der Waals surface area contributed by atoms with E-state index in [0.29, 0.717) is 6.42 Å². The van der Waals surface area contributed by atoms with Gasteiger partial charge in [-0.2, -0.15) is 0 Å². The molecule has 2 nitrogen and oxygen atoms in total. The van der Waals surface area contributed by atoms with Crippen molar-refractivity contribution in [3.63, 3.8) is 0 Å². The first-order valence-corrected chi connectivity index (χ1v) is 9.95. The molecule has 2 aromatic carbocycles. The third-order valence-corrected chi connectivity index (χ3v) is 6.07. The van der Waals surface area contributed by atoms with Gasteiger partial charge in [-0.25, -0.2) is 0 Å². The number of fused-ring (bicyclic) bond motifs is 2. The van der Waals surface area contributed by atoms with Crippen LogP contribution in [-0.4, -0.2) is 29.6 Å². The molecule has 1 aliphatic heterocycles. The largest absolute Gasteiger partial charge is 0.380 e. The topological polar surface area (TPSA) is 23.5 Å². The molecule has 0 aromatic heterocycles. The van der Waals surface area contributed by atoms with Crippen molar-refractivity contribution >= 4 is 11.8 Å². The Balaban J connectivity index is 1.88. The summed E-state index contributed by atoms with van der Waals surface area (Å²) >= 11 is 1.75. The van der Waals surface area contributed by atoms with Crippen LogP contribution in [0.2, 0.25) is 0 Å². The first-order valence-electron chi connectivity index (χ1n) is 9.13. The summed E-state index contributed by atoms with van der Waals surface area (Å²) in [6.45, 7) is 12.3. The minimum Gasteiger partial charge on any atom is -0.380 e. The quantitative estimate of drug-likeness (QED) is 0.655. The Morgan fingerprint density at radius 2 is 1.73 bits per heavy atom. The predicted molar refractivity (Wildman–Crippen MR) is 111 cm³/mol. The van der Waals surface area contributed by atoms with Crippen molar-refractivity contribution in [1.29, 1.82) is 0 Å². The van der Waals surface area contributed by atoms with Crippen LogP contribution < -0.4 is 0 Å². The van der Waals surface area contributed by atoms with E-state index in [9.17, 15) is 5.11 Å². The molecule has 1 unspecified atom stereocenters. The SMILES string of the molecule is C=CCN(CC=C)CCCC1(O)c2ccccc2Sc2ccc(C)cc21. The van der Waals surface area contributed by atoms with Crippen LogP contribution in [0.4, 0.5) is 0 Å². The zero-order valence-electron chi connectivity index (χ0n) is 15.4. The first-order chi connectivity index (χ1) is 12.6. The zero-order chi connectivity index (χ0) is 18.6. The summed E-state index contributed by atoms with van der Waals surface area (Å²) in [5.41, 5.74) is 2.32. The molecular weight excluding hydrogens is 338 g/mol. The van der Waals surface area contributed by atoms with Crippen LogP contribution in [0.1, 0.15) is 29.5 Å². The van der Waals surface area contributed by atoms with Gasteiger partial charge in [0.05, 0.1) is 0 Å². The molecule has 0 aliphatic carbocycles. The first kappa shape index (κ1) is 19.0. The molecule has 0 radical (unpaired) electrons. The number of nitrogens with zero attached hydrogens (tertiary/aromatic N) is 1. The maximum atomic E-state index is 11.8. The number of hydrogen-bond donors (Lipinski definition) is 1. The van der Waals surface area contributed by atoms with E-state index in [-0.39, 0.29) is 0 Å². The van der Waals surface area contributed by atoms with E-state index >= 15 is 0 Å². The van der Waals surface area contributed by atoms with Gasteiger partial charge < -0.3 is 5.11 Å². The summed E-state index contributed by atoms with van der Waals surface area (Å²) in [5.74, 6) is 0. The molecule has 1 atom stereocenters. The van der Waals surface area contributed by atoms with Crippen LogP contribution in [0.3, 0.4) is 0 Å². The second-order valence-electron chi connectivity index (χ2n) is 6.90. The van der Waals surface area contributed by atoms with Crippen molar-refractivity contribution in [2.45, 2.75) is 35.2 Å². The average Bonchev–Trinajstić information content (AvgIpc) is 2.63. The van der Waals surface area contributed by atoms with Crippen molar-refractivity contribution in [3.8, 4) is 0 Å². The standard InChI is InChI=1S/C23H27NOS/c1-4-14-24(15-5-2)16-8-13-23(25)19-9-6-7-10-21(19)26-22-12-11-18(3)17-20(22)23/h4-7,9-12,17,25H,1-2,8,13-16H2,3H3. The van der Waals surface area contributed by atoms with E-state index in [1.165, 1.54) is 5.56 Å². The lowest BCUT2D eigenvalue weighted by atomic mass is 9.81. The van der Waals surface area contributed by atoms with Crippen molar-refractivity contribution in [1.82, 2.24) is 4.90 Å². The van der Waals surface area contributed by atoms with E-state index in [1.807, 2.05) is 24.3 Å². The highest BCUT2D eigenvalue weighted by Crippen LogP contribution is 2.50. The molecule has 136 valence electrons. The molecule has 3 heteroatoms. The van der Waals surface area contributed by atoms with Gasteiger partial charge >= 0.3 is 0 Å². The Morgan fingerprint density at radius 3 is 2.46 bits per heavy atom. The maximum Gasteiger partial charge on any atom is 0.117 e.